The van der Waals surface area contributed by atoms with Gasteiger partial charge in [0, 0.05) is 22.6 Å². The summed E-state index contributed by atoms with van der Waals surface area (Å²) in [6.45, 7) is 0. The number of nitrogens with zero attached hydrogens (tertiary/aromatic N) is 2. The van der Waals surface area contributed by atoms with Crippen LogP contribution in [0.1, 0.15) is 0 Å². The normalized spacial score (nSPS) is 11.2. The molecule has 10 aromatic rings. The molecule has 0 fully saturated rings. The summed E-state index contributed by atoms with van der Waals surface area (Å²) < 4.78 is 6.05. The molecule has 0 unspecified atom stereocenters. The number of fused-ring (bicyclic) bond motifs is 2. The average Bonchev–Trinajstić information content (AvgIpc) is 3.72. The Hall–Kier alpha value is -7.49. The molecule has 0 saturated carbocycles. The Morgan fingerprint density at radius 1 is 0.321 bits per heavy atom. The highest BCUT2D eigenvalue weighted by Gasteiger charge is 2.16. The molecule has 0 spiro atoms. The number of anilines is 3. The Balaban J connectivity index is 0.968. The molecular weight excluding hydrogens is 681 g/mol. The van der Waals surface area contributed by atoms with Crippen molar-refractivity contribution in [2.24, 2.45) is 0 Å². The molecule has 56 heavy (non-hydrogen) atoms. The van der Waals surface area contributed by atoms with Crippen LogP contribution in [-0.4, -0.2) is 4.98 Å². The third kappa shape index (κ3) is 6.31. The predicted molar refractivity (Wildman–Crippen MR) is 233 cm³/mol. The van der Waals surface area contributed by atoms with Gasteiger partial charge in [-0.2, -0.15) is 0 Å². The average molecular weight is 717 g/mol. The third-order valence-corrected chi connectivity index (χ3v) is 10.5. The molecule has 0 radical (unpaired) electrons. The maximum atomic E-state index is 6.05. The fourth-order valence-electron chi connectivity index (χ4n) is 7.71. The van der Waals surface area contributed by atoms with E-state index in [1.807, 2.05) is 24.3 Å². The van der Waals surface area contributed by atoms with Crippen molar-refractivity contribution in [1.29, 1.82) is 0 Å². The number of para-hydroxylation sites is 3. The summed E-state index contributed by atoms with van der Waals surface area (Å²) in [6.07, 6.45) is 0. The second-order valence-electron chi connectivity index (χ2n) is 14.0. The van der Waals surface area contributed by atoms with Gasteiger partial charge in [-0.05, 0) is 122 Å². The van der Waals surface area contributed by atoms with Crippen molar-refractivity contribution >= 4 is 38.9 Å². The molecule has 0 bridgehead atoms. The SMILES string of the molecule is c1ccc(N(c2ccc(-c3ccc4ccccc4c3)cc2)c2ccc(-c3ccccc3-c3ccccc3-c3ccc(-c4nc5ccccc5o4)cc3)cc2)cc1. The van der Waals surface area contributed by atoms with Gasteiger partial charge in [0.05, 0.1) is 0 Å². The van der Waals surface area contributed by atoms with Crippen LogP contribution in [0, 0.1) is 0 Å². The summed E-state index contributed by atoms with van der Waals surface area (Å²) in [5.74, 6) is 0.628. The molecule has 0 aliphatic heterocycles. The van der Waals surface area contributed by atoms with E-state index >= 15 is 0 Å². The largest absolute Gasteiger partial charge is 0.436 e. The van der Waals surface area contributed by atoms with E-state index in [0.717, 1.165) is 44.9 Å². The van der Waals surface area contributed by atoms with Crippen LogP contribution >= 0.6 is 0 Å². The zero-order valence-electron chi connectivity index (χ0n) is 30.6. The Bertz CT molecular complexity index is 2910. The molecule has 0 aliphatic rings. The van der Waals surface area contributed by atoms with Crippen molar-refractivity contribution in [3.63, 3.8) is 0 Å². The van der Waals surface area contributed by atoms with E-state index < -0.39 is 0 Å². The number of benzene rings is 9. The minimum Gasteiger partial charge on any atom is -0.436 e. The quantitative estimate of drug-likeness (QED) is 0.157. The second kappa shape index (κ2) is 14.4. The lowest BCUT2D eigenvalue weighted by Gasteiger charge is -2.26. The molecule has 0 aliphatic carbocycles. The van der Waals surface area contributed by atoms with Gasteiger partial charge in [-0.3, -0.25) is 0 Å². The Morgan fingerprint density at radius 2 is 0.786 bits per heavy atom. The van der Waals surface area contributed by atoms with E-state index in [0.29, 0.717) is 5.89 Å². The highest BCUT2D eigenvalue weighted by atomic mass is 16.3. The Kier molecular flexibility index (Phi) is 8.51. The highest BCUT2D eigenvalue weighted by Crippen LogP contribution is 2.41. The van der Waals surface area contributed by atoms with Crippen LogP contribution in [0.4, 0.5) is 17.1 Å². The third-order valence-electron chi connectivity index (χ3n) is 10.5. The van der Waals surface area contributed by atoms with Gasteiger partial charge in [0.15, 0.2) is 5.58 Å². The van der Waals surface area contributed by atoms with Crippen LogP contribution in [-0.2, 0) is 0 Å². The zero-order chi connectivity index (χ0) is 37.3. The smallest absolute Gasteiger partial charge is 0.227 e. The molecule has 0 amide bonds. The summed E-state index contributed by atoms with van der Waals surface area (Å²) >= 11 is 0. The first-order valence-corrected chi connectivity index (χ1v) is 18.9. The van der Waals surface area contributed by atoms with E-state index in [9.17, 15) is 0 Å². The van der Waals surface area contributed by atoms with Crippen molar-refractivity contribution in [2.45, 2.75) is 0 Å². The first-order valence-electron chi connectivity index (χ1n) is 18.9. The Labute approximate surface area is 326 Å². The molecular formula is C53H36N2O. The molecule has 1 heterocycles. The maximum Gasteiger partial charge on any atom is 0.227 e. The van der Waals surface area contributed by atoms with Crippen LogP contribution in [0.15, 0.2) is 223 Å². The van der Waals surface area contributed by atoms with Gasteiger partial charge < -0.3 is 9.32 Å². The molecule has 10 rings (SSSR count). The highest BCUT2D eigenvalue weighted by molar-refractivity contribution is 5.93. The molecule has 9 aromatic carbocycles. The number of hydrogen-bond acceptors (Lipinski definition) is 3. The molecule has 3 heteroatoms. The van der Waals surface area contributed by atoms with Gasteiger partial charge in [-0.15, -0.1) is 0 Å². The van der Waals surface area contributed by atoms with Crippen molar-refractivity contribution < 1.29 is 4.42 Å². The molecule has 264 valence electrons. The van der Waals surface area contributed by atoms with Crippen LogP contribution in [0.2, 0.25) is 0 Å². The summed E-state index contributed by atoms with van der Waals surface area (Å²) in [6, 6.07) is 77.3. The molecule has 3 nitrogen and oxygen atoms in total. The van der Waals surface area contributed by atoms with Gasteiger partial charge in [0.25, 0.3) is 0 Å². The molecule has 1 aromatic heterocycles. The van der Waals surface area contributed by atoms with Gasteiger partial charge in [-0.25, -0.2) is 4.98 Å². The number of rotatable bonds is 8. The first-order chi connectivity index (χ1) is 27.7. The second-order valence-corrected chi connectivity index (χ2v) is 14.0. The summed E-state index contributed by atoms with van der Waals surface area (Å²) in [5, 5.41) is 2.50. The monoisotopic (exact) mass is 716 g/mol. The number of hydrogen-bond donors (Lipinski definition) is 0. The van der Waals surface area contributed by atoms with Gasteiger partial charge in [0.2, 0.25) is 5.89 Å². The topological polar surface area (TPSA) is 29.3 Å². The lowest BCUT2D eigenvalue weighted by Crippen LogP contribution is -2.09. The van der Waals surface area contributed by atoms with Crippen molar-refractivity contribution in [3.8, 4) is 56.0 Å². The number of aromatic nitrogens is 1. The minimum absolute atomic E-state index is 0.628. The van der Waals surface area contributed by atoms with Crippen molar-refractivity contribution in [2.75, 3.05) is 4.90 Å². The zero-order valence-corrected chi connectivity index (χ0v) is 30.6. The fourth-order valence-corrected chi connectivity index (χ4v) is 7.71. The van der Waals surface area contributed by atoms with Crippen molar-refractivity contribution in [3.05, 3.63) is 218 Å². The van der Waals surface area contributed by atoms with E-state index in [2.05, 4.69) is 199 Å². The van der Waals surface area contributed by atoms with Crippen LogP contribution in [0.3, 0.4) is 0 Å². The van der Waals surface area contributed by atoms with E-state index in [4.69, 9.17) is 9.40 Å². The molecule has 0 atom stereocenters. The van der Waals surface area contributed by atoms with Gasteiger partial charge in [0.1, 0.15) is 5.52 Å². The summed E-state index contributed by atoms with van der Waals surface area (Å²) in [4.78, 5) is 7.02. The Morgan fingerprint density at radius 3 is 1.43 bits per heavy atom. The van der Waals surface area contributed by atoms with E-state index in [1.165, 1.54) is 44.2 Å². The van der Waals surface area contributed by atoms with Crippen molar-refractivity contribution in [1.82, 2.24) is 4.98 Å². The van der Waals surface area contributed by atoms with Crippen LogP contribution in [0.5, 0.6) is 0 Å². The summed E-state index contributed by atoms with van der Waals surface area (Å²) in [5.41, 5.74) is 15.3. The fraction of sp³-hybridized carbons (Fsp3) is 0. The first kappa shape index (κ1) is 33.1. The number of oxazole rings is 1. The van der Waals surface area contributed by atoms with Crippen LogP contribution in [0.25, 0.3) is 77.8 Å². The lowest BCUT2D eigenvalue weighted by atomic mass is 9.89. The predicted octanol–water partition coefficient (Wildman–Crippen LogP) is 14.8. The summed E-state index contributed by atoms with van der Waals surface area (Å²) in [7, 11) is 0. The molecule has 0 N–H and O–H groups in total. The maximum absolute atomic E-state index is 6.05. The van der Waals surface area contributed by atoms with Gasteiger partial charge in [-0.1, -0.05) is 152 Å². The minimum atomic E-state index is 0.628. The van der Waals surface area contributed by atoms with Gasteiger partial charge >= 0.3 is 0 Å². The van der Waals surface area contributed by atoms with Crippen LogP contribution < -0.4 is 4.90 Å². The van der Waals surface area contributed by atoms with E-state index in [1.54, 1.807) is 0 Å². The molecule has 0 saturated heterocycles. The lowest BCUT2D eigenvalue weighted by molar-refractivity contribution is 0.620. The van der Waals surface area contributed by atoms with E-state index in [-0.39, 0.29) is 0 Å². The standard InChI is InChI=1S/C53H36N2O/c1-2-14-44(15-3-1)55(45-32-28-38(29-33-45)43-27-22-37-12-4-5-13-42(37)36-43)46-34-30-40(31-35-46)48-17-7-9-19-50(48)49-18-8-6-16-47(49)39-23-25-41(26-24-39)53-54-51-20-10-11-21-52(51)56-53/h1-36H.